The van der Waals surface area contributed by atoms with E-state index in [1.807, 2.05) is 6.07 Å². The van der Waals surface area contributed by atoms with Gasteiger partial charge in [-0.1, -0.05) is 24.6 Å². The van der Waals surface area contributed by atoms with Crippen molar-refractivity contribution in [3.8, 4) is 0 Å². The minimum absolute atomic E-state index is 0.658. The zero-order chi connectivity index (χ0) is 13.9. The fraction of sp³-hybridized carbons (Fsp3) is 0.688. The Morgan fingerprint density at radius 2 is 2.10 bits per heavy atom. The van der Waals surface area contributed by atoms with Gasteiger partial charge in [0.05, 0.1) is 0 Å². The SMILES string of the molecule is CCCN(Cc1cccnc1Cl)C1CC2CCC(C1)N2. The highest BCUT2D eigenvalue weighted by Crippen LogP contribution is 2.31. The number of halogens is 1. The molecule has 110 valence electrons. The quantitative estimate of drug-likeness (QED) is 0.845. The molecular formula is C16H24ClN3. The van der Waals surface area contributed by atoms with E-state index in [1.165, 1.54) is 32.1 Å². The number of nitrogens with one attached hydrogen (secondary N) is 1. The summed E-state index contributed by atoms with van der Waals surface area (Å²) < 4.78 is 0. The average molecular weight is 294 g/mol. The second-order valence-electron chi connectivity index (χ2n) is 6.19. The Kier molecular flexibility index (Phi) is 4.59. The average Bonchev–Trinajstić information content (AvgIpc) is 2.79. The van der Waals surface area contributed by atoms with Gasteiger partial charge in [-0.15, -0.1) is 0 Å². The first-order chi connectivity index (χ1) is 9.76. The van der Waals surface area contributed by atoms with Gasteiger partial charge in [0.1, 0.15) is 5.15 Å². The van der Waals surface area contributed by atoms with Crippen molar-refractivity contribution in [3.05, 3.63) is 29.0 Å². The molecule has 1 aromatic heterocycles. The topological polar surface area (TPSA) is 28.2 Å². The van der Waals surface area contributed by atoms with E-state index in [2.05, 4.69) is 28.2 Å². The molecule has 0 saturated carbocycles. The molecule has 3 nitrogen and oxygen atoms in total. The number of pyridine rings is 1. The van der Waals surface area contributed by atoms with Crippen molar-refractivity contribution in [3.63, 3.8) is 0 Å². The Labute approximate surface area is 126 Å². The molecule has 1 aromatic rings. The molecule has 0 aromatic carbocycles. The molecule has 0 aliphatic carbocycles. The van der Waals surface area contributed by atoms with Crippen LogP contribution in [0, 0.1) is 0 Å². The van der Waals surface area contributed by atoms with E-state index in [9.17, 15) is 0 Å². The molecule has 4 heteroatoms. The first-order valence-corrected chi connectivity index (χ1v) is 8.23. The Morgan fingerprint density at radius 3 is 2.75 bits per heavy atom. The summed E-state index contributed by atoms with van der Waals surface area (Å²) in [4.78, 5) is 6.83. The number of aromatic nitrogens is 1. The van der Waals surface area contributed by atoms with Crippen LogP contribution in [0.5, 0.6) is 0 Å². The van der Waals surface area contributed by atoms with Crippen molar-refractivity contribution >= 4 is 11.6 Å². The predicted molar refractivity (Wildman–Crippen MR) is 82.9 cm³/mol. The van der Waals surface area contributed by atoms with Crippen LogP contribution >= 0.6 is 11.6 Å². The van der Waals surface area contributed by atoms with Crippen LogP contribution in [0.2, 0.25) is 5.15 Å². The van der Waals surface area contributed by atoms with Crippen LogP contribution in [-0.4, -0.2) is 34.6 Å². The molecule has 0 radical (unpaired) electrons. The van der Waals surface area contributed by atoms with E-state index in [0.717, 1.165) is 30.7 Å². The van der Waals surface area contributed by atoms with Crippen molar-refractivity contribution < 1.29 is 0 Å². The second kappa shape index (κ2) is 6.42. The van der Waals surface area contributed by atoms with Crippen molar-refractivity contribution in [2.75, 3.05) is 6.54 Å². The van der Waals surface area contributed by atoms with Crippen LogP contribution in [0.3, 0.4) is 0 Å². The first-order valence-electron chi connectivity index (χ1n) is 7.85. The highest BCUT2D eigenvalue weighted by Gasteiger charge is 2.35. The molecular weight excluding hydrogens is 270 g/mol. The fourth-order valence-corrected chi connectivity index (χ4v) is 3.94. The molecule has 2 aliphatic heterocycles. The lowest BCUT2D eigenvalue weighted by Gasteiger charge is -2.38. The monoisotopic (exact) mass is 293 g/mol. The molecule has 2 bridgehead atoms. The molecule has 0 amide bonds. The maximum atomic E-state index is 6.23. The molecule has 1 N–H and O–H groups in total. The van der Waals surface area contributed by atoms with Gasteiger partial charge in [-0.05, 0) is 44.7 Å². The summed E-state index contributed by atoms with van der Waals surface area (Å²) in [6.07, 6.45) is 8.24. The molecule has 3 heterocycles. The van der Waals surface area contributed by atoms with Crippen LogP contribution in [0.25, 0.3) is 0 Å². The third kappa shape index (κ3) is 3.16. The summed E-state index contributed by atoms with van der Waals surface area (Å²) in [7, 11) is 0. The summed E-state index contributed by atoms with van der Waals surface area (Å²) in [5.74, 6) is 0. The lowest BCUT2D eigenvalue weighted by molar-refractivity contribution is 0.134. The lowest BCUT2D eigenvalue weighted by Crippen LogP contribution is -2.48. The Balaban J connectivity index is 1.70. The summed E-state index contributed by atoms with van der Waals surface area (Å²) in [6, 6.07) is 6.26. The molecule has 2 aliphatic rings. The third-order valence-corrected chi connectivity index (χ3v) is 5.03. The van der Waals surface area contributed by atoms with Crippen molar-refractivity contribution in [1.29, 1.82) is 0 Å². The summed E-state index contributed by atoms with van der Waals surface area (Å²) in [5, 5.41) is 4.39. The maximum Gasteiger partial charge on any atom is 0.133 e. The van der Waals surface area contributed by atoms with Gasteiger partial charge >= 0.3 is 0 Å². The van der Waals surface area contributed by atoms with Crippen LogP contribution < -0.4 is 5.32 Å². The Morgan fingerprint density at radius 1 is 1.35 bits per heavy atom. The van der Waals surface area contributed by atoms with E-state index >= 15 is 0 Å². The molecule has 2 unspecified atom stereocenters. The number of piperidine rings is 1. The number of hydrogen-bond donors (Lipinski definition) is 1. The molecule has 20 heavy (non-hydrogen) atoms. The zero-order valence-electron chi connectivity index (χ0n) is 12.2. The van der Waals surface area contributed by atoms with Crippen LogP contribution in [0.1, 0.15) is 44.6 Å². The highest BCUT2D eigenvalue weighted by atomic mass is 35.5. The minimum Gasteiger partial charge on any atom is -0.311 e. The third-order valence-electron chi connectivity index (χ3n) is 4.69. The lowest BCUT2D eigenvalue weighted by atomic mass is 9.97. The standard InChI is InChI=1S/C16H24ClN3/c1-2-8-20(11-12-4-3-7-18-16(12)17)15-9-13-5-6-14(10-15)19-13/h3-4,7,13-15,19H,2,5-6,8-11H2,1H3. The molecule has 2 saturated heterocycles. The normalized spacial score (nSPS) is 29.1. The van der Waals surface area contributed by atoms with Crippen molar-refractivity contribution in [1.82, 2.24) is 15.2 Å². The molecule has 2 atom stereocenters. The smallest absolute Gasteiger partial charge is 0.133 e. The minimum atomic E-state index is 0.658. The molecule has 3 rings (SSSR count). The van der Waals surface area contributed by atoms with Crippen LogP contribution in [0.4, 0.5) is 0 Å². The Bertz CT molecular complexity index is 439. The van der Waals surface area contributed by atoms with Crippen molar-refractivity contribution in [2.45, 2.75) is 63.7 Å². The highest BCUT2D eigenvalue weighted by molar-refractivity contribution is 6.30. The largest absolute Gasteiger partial charge is 0.311 e. The summed E-state index contributed by atoms with van der Waals surface area (Å²) >= 11 is 6.23. The summed E-state index contributed by atoms with van der Waals surface area (Å²) in [5.41, 5.74) is 1.16. The van der Waals surface area contributed by atoms with Crippen LogP contribution in [-0.2, 0) is 6.54 Å². The predicted octanol–water partition coefficient (Wildman–Crippen LogP) is 3.23. The van der Waals surface area contributed by atoms with E-state index in [-0.39, 0.29) is 0 Å². The number of fused-ring (bicyclic) bond motifs is 2. The van der Waals surface area contributed by atoms with Crippen LogP contribution in [0.15, 0.2) is 18.3 Å². The van der Waals surface area contributed by atoms with E-state index in [0.29, 0.717) is 11.2 Å². The number of nitrogens with zero attached hydrogens (tertiary/aromatic N) is 2. The van der Waals surface area contributed by atoms with Crippen molar-refractivity contribution in [2.24, 2.45) is 0 Å². The molecule has 2 fully saturated rings. The zero-order valence-corrected chi connectivity index (χ0v) is 12.9. The fourth-order valence-electron chi connectivity index (χ4n) is 3.76. The first kappa shape index (κ1) is 14.3. The van der Waals surface area contributed by atoms with Gasteiger partial charge in [-0.25, -0.2) is 4.98 Å². The summed E-state index contributed by atoms with van der Waals surface area (Å²) in [6.45, 7) is 4.34. The number of hydrogen-bond acceptors (Lipinski definition) is 3. The van der Waals surface area contributed by atoms with Gasteiger partial charge in [0, 0.05) is 36.4 Å². The Hall–Kier alpha value is -0.640. The maximum absolute atomic E-state index is 6.23. The number of rotatable bonds is 5. The van der Waals surface area contributed by atoms with Gasteiger partial charge in [-0.3, -0.25) is 4.90 Å². The van der Waals surface area contributed by atoms with Gasteiger partial charge in [0.25, 0.3) is 0 Å². The van der Waals surface area contributed by atoms with E-state index in [4.69, 9.17) is 11.6 Å². The second-order valence-corrected chi connectivity index (χ2v) is 6.54. The van der Waals surface area contributed by atoms with Gasteiger partial charge < -0.3 is 5.32 Å². The van der Waals surface area contributed by atoms with E-state index in [1.54, 1.807) is 6.20 Å². The van der Waals surface area contributed by atoms with Gasteiger partial charge in [0.2, 0.25) is 0 Å². The van der Waals surface area contributed by atoms with Gasteiger partial charge in [-0.2, -0.15) is 0 Å². The van der Waals surface area contributed by atoms with Gasteiger partial charge in [0.15, 0.2) is 0 Å². The van der Waals surface area contributed by atoms with E-state index < -0.39 is 0 Å². The molecule has 0 spiro atoms.